The summed E-state index contributed by atoms with van der Waals surface area (Å²) in [5, 5.41) is 3.45. The Morgan fingerprint density at radius 1 is 1.44 bits per heavy atom. The second-order valence-electron chi connectivity index (χ2n) is 5.04. The summed E-state index contributed by atoms with van der Waals surface area (Å²) in [4.78, 5) is 2.53. The quantitative estimate of drug-likeness (QED) is 0.673. The molecule has 1 rings (SSSR count). The number of rotatable bonds is 7. The molecule has 0 saturated carbocycles. The van der Waals surface area contributed by atoms with E-state index in [1.165, 1.54) is 25.8 Å². The van der Waals surface area contributed by atoms with Crippen molar-refractivity contribution in [2.45, 2.75) is 52.2 Å². The van der Waals surface area contributed by atoms with Gasteiger partial charge in [0.15, 0.2) is 0 Å². The summed E-state index contributed by atoms with van der Waals surface area (Å²) in [5.41, 5.74) is 0. The van der Waals surface area contributed by atoms with Gasteiger partial charge >= 0.3 is 0 Å². The maximum atomic E-state index is 5.79. The van der Waals surface area contributed by atoms with Crippen LogP contribution in [-0.2, 0) is 4.74 Å². The molecule has 0 aromatic heterocycles. The van der Waals surface area contributed by atoms with E-state index in [1.807, 2.05) is 0 Å². The van der Waals surface area contributed by atoms with Crippen molar-refractivity contribution in [3.05, 3.63) is 0 Å². The Labute approximate surface area is 101 Å². The average molecular weight is 228 g/mol. The van der Waals surface area contributed by atoms with Gasteiger partial charge in [-0.25, -0.2) is 0 Å². The predicted molar refractivity (Wildman–Crippen MR) is 68.8 cm³/mol. The van der Waals surface area contributed by atoms with Crippen molar-refractivity contribution in [3.63, 3.8) is 0 Å². The summed E-state index contributed by atoms with van der Waals surface area (Å²) in [6.45, 7) is 12.2. The van der Waals surface area contributed by atoms with E-state index in [2.05, 4.69) is 31.0 Å². The molecule has 0 bridgehead atoms. The van der Waals surface area contributed by atoms with E-state index in [1.54, 1.807) is 0 Å². The second kappa shape index (κ2) is 8.04. The molecule has 1 atom stereocenters. The highest BCUT2D eigenvalue weighted by atomic mass is 16.5. The van der Waals surface area contributed by atoms with Crippen molar-refractivity contribution in [2.75, 3.05) is 32.8 Å². The van der Waals surface area contributed by atoms with Crippen molar-refractivity contribution in [2.24, 2.45) is 0 Å². The average Bonchev–Trinajstić information content (AvgIpc) is 2.25. The lowest BCUT2D eigenvalue weighted by molar-refractivity contribution is -0.0325. The molecule has 96 valence electrons. The molecule has 3 heteroatoms. The van der Waals surface area contributed by atoms with Gasteiger partial charge in [0, 0.05) is 19.1 Å². The fraction of sp³-hybridized carbons (Fsp3) is 1.00. The van der Waals surface area contributed by atoms with Crippen LogP contribution in [0.25, 0.3) is 0 Å². The Morgan fingerprint density at radius 2 is 2.25 bits per heavy atom. The first-order valence-corrected chi connectivity index (χ1v) is 6.79. The number of nitrogens with one attached hydrogen (secondary N) is 1. The van der Waals surface area contributed by atoms with E-state index in [4.69, 9.17) is 4.74 Å². The topological polar surface area (TPSA) is 24.5 Å². The third-order valence-electron chi connectivity index (χ3n) is 3.02. The third kappa shape index (κ3) is 5.83. The molecule has 1 N–H and O–H groups in total. The van der Waals surface area contributed by atoms with E-state index >= 15 is 0 Å². The van der Waals surface area contributed by atoms with Crippen LogP contribution >= 0.6 is 0 Å². The van der Waals surface area contributed by atoms with Crippen LogP contribution in [0.5, 0.6) is 0 Å². The number of morpholine rings is 1. The first kappa shape index (κ1) is 13.9. The minimum absolute atomic E-state index is 0.467. The van der Waals surface area contributed by atoms with Crippen molar-refractivity contribution in [3.8, 4) is 0 Å². The van der Waals surface area contributed by atoms with Crippen LogP contribution in [0.2, 0.25) is 0 Å². The van der Waals surface area contributed by atoms with Gasteiger partial charge < -0.3 is 10.1 Å². The van der Waals surface area contributed by atoms with E-state index in [-0.39, 0.29) is 0 Å². The van der Waals surface area contributed by atoms with Gasteiger partial charge in [-0.15, -0.1) is 0 Å². The summed E-state index contributed by atoms with van der Waals surface area (Å²) in [5.74, 6) is 0. The molecular formula is C13H28N2O. The van der Waals surface area contributed by atoms with Crippen molar-refractivity contribution >= 4 is 0 Å². The predicted octanol–water partition coefficient (Wildman–Crippen LogP) is 1.88. The molecule has 1 heterocycles. The molecule has 0 amide bonds. The summed E-state index contributed by atoms with van der Waals surface area (Å²) in [7, 11) is 0. The first-order valence-electron chi connectivity index (χ1n) is 6.79. The van der Waals surface area contributed by atoms with E-state index < -0.39 is 0 Å². The van der Waals surface area contributed by atoms with Crippen molar-refractivity contribution in [1.82, 2.24) is 10.2 Å². The van der Waals surface area contributed by atoms with Gasteiger partial charge in [-0.05, 0) is 32.4 Å². The van der Waals surface area contributed by atoms with Gasteiger partial charge in [0.2, 0.25) is 0 Å². The van der Waals surface area contributed by atoms with Gasteiger partial charge in [-0.3, -0.25) is 4.90 Å². The lowest BCUT2D eigenvalue weighted by atomic mass is 10.1. The molecule has 0 aliphatic carbocycles. The Kier molecular flexibility index (Phi) is 7.01. The molecule has 1 fully saturated rings. The highest BCUT2D eigenvalue weighted by Gasteiger charge is 2.18. The van der Waals surface area contributed by atoms with Crippen LogP contribution < -0.4 is 5.32 Å². The van der Waals surface area contributed by atoms with Gasteiger partial charge in [0.25, 0.3) is 0 Å². The zero-order chi connectivity index (χ0) is 11.8. The van der Waals surface area contributed by atoms with Crippen LogP contribution in [0.3, 0.4) is 0 Å². The monoisotopic (exact) mass is 228 g/mol. The molecule has 3 nitrogen and oxygen atoms in total. The SMILES string of the molecule is CCCN1CCOC(CCCNC(C)C)C1. The van der Waals surface area contributed by atoms with Crippen LogP contribution in [0.15, 0.2) is 0 Å². The molecule has 1 unspecified atom stereocenters. The number of hydrogen-bond donors (Lipinski definition) is 1. The van der Waals surface area contributed by atoms with Crippen LogP contribution in [0.1, 0.15) is 40.0 Å². The number of hydrogen-bond acceptors (Lipinski definition) is 3. The minimum Gasteiger partial charge on any atom is -0.376 e. The van der Waals surface area contributed by atoms with Crippen LogP contribution in [0, 0.1) is 0 Å². The van der Waals surface area contributed by atoms with Crippen LogP contribution in [0.4, 0.5) is 0 Å². The molecule has 0 spiro atoms. The first-order chi connectivity index (χ1) is 7.72. The van der Waals surface area contributed by atoms with Gasteiger partial charge in [-0.1, -0.05) is 20.8 Å². The van der Waals surface area contributed by atoms with Crippen molar-refractivity contribution in [1.29, 1.82) is 0 Å². The third-order valence-corrected chi connectivity index (χ3v) is 3.02. The summed E-state index contributed by atoms with van der Waals surface area (Å²) in [6, 6.07) is 0.601. The van der Waals surface area contributed by atoms with Gasteiger partial charge in [0.05, 0.1) is 12.7 Å². The highest BCUT2D eigenvalue weighted by Crippen LogP contribution is 2.10. The molecule has 0 aromatic carbocycles. The summed E-state index contributed by atoms with van der Waals surface area (Å²) >= 11 is 0. The van der Waals surface area contributed by atoms with Gasteiger partial charge in [-0.2, -0.15) is 0 Å². The molecule has 16 heavy (non-hydrogen) atoms. The van der Waals surface area contributed by atoms with Gasteiger partial charge in [0.1, 0.15) is 0 Å². The second-order valence-corrected chi connectivity index (χ2v) is 5.04. The molecule has 1 saturated heterocycles. The smallest absolute Gasteiger partial charge is 0.0703 e. The maximum absolute atomic E-state index is 5.79. The Hall–Kier alpha value is -0.120. The summed E-state index contributed by atoms with van der Waals surface area (Å²) < 4.78 is 5.79. The fourth-order valence-electron chi connectivity index (χ4n) is 2.19. The number of nitrogens with zero attached hydrogens (tertiary/aromatic N) is 1. The molecule has 1 aliphatic heterocycles. The van der Waals surface area contributed by atoms with Crippen LogP contribution in [-0.4, -0.2) is 49.8 Å². The summed E-state index contributed by atoms with van der Waals surface area (Å²) in [6.07, 6.45) is 4.14. The molecular weight excluding hydrogens is 200 g/mol. The molecule has 0 aromatic rings. The lowest BCUT2D eigenvalue weighted by Crippen LogP contribution is -2.42. The minimum atomic E-state index is 0.467. The van der Waals surface area contributed by atoms with E-state index in [9.17, 15) is 0 Å². The maximum Gasteiger partial charge on any atom is 0.0703 e. The fourth-order valence-corrected chi connectivity index (χ4v) is 2.19. The normalized spacial score (nSPS) is 22.9. The zero-order valence-corrected chi connectivity index (χ0v) is 11.2. The standard InChI is InChI=1S/C13H28N2O/c1-4-8-15-9-10-16-13(11-15)6-5-7-14-12(2)3/h12-14H,4-11H2,1-3H3. The Morgan fingerprint density at radius 3 is 2.94 bits per heavy atom. The van der Waals surface area contributed by atoms with Crippen molar-refractivity contribution < 1.29 is 4.74 Å². The zero-order valence-electron chi connectivity index (χ0n) is 11.2. The molecule has 0 radical (unpaired) electrons. The number of ether oxygens (including phenoxy) is 1. The molecule has 1 aliphatic rings. The Balaban J connectivity index is 2.07. The highest BCUT2D eigenvalue weighted by molar-refractivity contribution is 4.71. The van der Waals surface area contributed by atoms with E-state index in [0.717, 1.165) is 26.2 Å². The largest absolute Gasteiger partial charge is 0.376 e. The van der Waals surface area contributed by atoms with E-state index in [0.29, 0.717) is 12.1 Å². The lowest BCUT2D eigenvalue weighted by Gasteiger charge is -2.32. The Bertz CT molecular complexity index is 171.